The first kappa shape index (κ1) is 18.3. The molecule has 0 spiro atoms. The molecule has 114 valence electrons. The monoisotopic (exact) mass is 278 g/mol. The van der Waals surface area contributed by atoms with E-state index in [1.54, 1.807) is 14.2 Å². The van der Waals surface area contributed by atoms with Crippen LogP contribution in [0.2, 0.25) is 0 Å². The molecule has 0 aliphatic heterocycles. The van der Waals surface area contributed by atoms with Crippen molar-refractivity contribution in [3.8, 4) is 0 Å². The summed E-state index contributed by atoms with van der Waals surface area (Å²) in [6.07, 6.45) is -0.518. The number of hydrogen-bond donors (Lipinski definition) is 1. The van der Waals surface area contributed by atoms with E-state index in [1.165, 1.54) is 0 Å². The van der Waals surface area contributed by atoms with Crippen LogP contribution in [0.4, 0.5) is 0 Å². The summed E-state index contributed by atoms with van der Waals surface area (Å²) in [5.74, 6) is -0.900. The molecule has 6 nitrogen and oxygen atoms in total. The molecule has 0 aromatic rings. The van der Waals surface area contributed by atoms with Crippen LogP contribution >= 0.6 is 0 Å². The van der Waals surface area contributed by atoms with Gasteiger partial charge in [0.2, 0.25) is 0 Å². The van der Waals surface area contributed by atoms with Crippen LogP contribution < -0.4 is 0 Å². The Morgan fingerprint density at radius 1 is 1.00 bits per heavy atom. The molecule has 0 aliphatic rings. The van der Waals surface area contributed by atoms with Gasteiger partial charge in [0.25, 0.3) is 0 Å². The number of hydrogen-bond acceptors (Lipinski definition) is 5. The highest BCUT2D eigenvalue weighted by Gasteiger charge is 2.26. The molecule has 6 heteroatoms. The zero-order valence-corrected chi connectivity index (χ0v) is 12.3. The van der Waals surface area contributed by atoms with Crippen molar-refractivity contribution in [1.82, 2.24) is 0 Å². The van der Waals surface area contributed by atoms with Crippen molar-refractivity contribution < 1.29 is 28.8 Å². The van der Waals surface area contributed by atoms with Crippen LogP contribution in [0.25, 0.3) is 0 Å². The minimum absolute atomic E-state index is 0.0233. The van der Waals surface area contributed by atoms with Gasteiger partial charge in [0, 0.05) is 20.1 Å². The summed E-state index contributed by atoms with van der Waals surface area (Å²) in [4.78, 5) is 10.9. The lowest BCUT2D eigenvalue weighted by atomic mass is 9.96. The van der Waals surface area contributed by atoms with E-state index >= 15 is 0 Å². The van der Waals surface area contributed by atoms with Crippen molar-refractivity contribution in [3.63, 3.8) is 0 Å². The molecule has 0 saturated heterocycles. The third-order valence-corrected chi connectivity index (χ3v) is 2.99. The first-order valence-corrected chi connectivity index (χ1v) is 6.45. The lowest BCUT2D eigenvalue weighted by Gasteiger charge is -2.28. The van der Waals surface area contributed by atoms with Crippen LogP contribution in [-0.2, 0) is 23.7 Å². The number of aliphatic carboxylic acids is 1. The summed E-state index contributed by atoms with van der Waals surface area (Å²) in [6, 6.07) is 0. The van der Waals surface area contributed by atoms with Gasteiger partial charge in [-0.05, 0) is 6.92 Å². The average Bonchev–Trinajstić information content (AvgIpc) is 2.36. The van der Waals surface area contributed by atoms with Crippen molar-refractivity contribution in [1.29, 1.82) is 0 Å². The van der Waals surface area contributed by atoms with Gasteiger partial charge in [-0.2, -0.15) is 0 Å². The Balaban J connectivity index is 4.24. The van der Waals surface area contributed by atoms with Gasteiger partial charge in [-0.25, -0.2) is 0 Å². The molecule has 0 aromatic carbocycles. The van der Waals surface area contributed by atoms with Crippen LogP contribution in [0.1, 0.15) is 20.3 Å². The molecule has 3 unspecified atom stereocenters. The van der Waals surface area contributed by atoms with Crippen LogP contribution in [0, 0.1) is 5.92 Å². The van der Waals surface area contributed by atoms with Gasteiger partial charge in [-0.1, -0.05) is 6.92 Å². The maximum atomic E-state index is 10.9. The maximum Gasteiger partial charge on any atom is 0.305 e. The smallest absolute Gasteiger partial charge is 0.305 e. The standard InChI is InChI=1S/C13H26O6/c1-10(11(2)18-7-5-16-3)12(9-13(14)15)19-8-6-17-4/h10-12H,5-9H2,1-4H3,(H,14,15). The molecule has 0 radical (unpaired) electrons. The van der Waals surface area contributed by atoms with E-state index in [-0.39, 0.29) is 24.5 Å². The zero-order chi connectivity index (χ0) is 14.7. The predicted molar refractivity (Wildman–Crippen MR) is 70.3 cm³/mol. The quantitative estimate of drug-likeness (QED) is 0.540. The Labute approximate surface area is 115 Å². The highest BCUT2D eigenvalue weighted by atomic mass is 16.5. The fourth-order valence-corrected chi connectivity index (χ4v) is 1.62. The van der Waals surface area contributed by atoms with E-state index in [4.69, 9.17) is 24.1 Å². The van der Waals surface area contributed by atoms with Gasteiger partial charge in [-0.15, -0.1) is 0 Å². The largest absolute Gasteiger partial charge is 0.481 e. The van der Waals surface area contributed by atoms with E-state index in [2.05, 4.69) is 0 Å². The Bertz CT molecular complexity index is 233. The van der Waals surface area contributed by atoms with Gasteiger partial charge in [-0.3, -0.25) is 4.79 Å². The van der Waals surface area contributed by atoms with E-state index in [0.717, 1.165) is 0 Å². The van der Waals surface area contributed by atoms with Gasteiger partial charge < -0.3 is 24.1 Å². The first-order chi connectivity index (χ1) is 9.02. The molecule has 0 aliphatic carbocycles. The summed E-state index contributed by atoms with van der Waals surface area (Å²) in [6.45, 7) is 5.67. The highest BCUT2D eigenvalue weighted by molar-refractivity contribution is 5.67. The second kappa shape index (κ2) is 11.2. The molecule has 0 aromatic heterocycles. The van der Waals surface area contributed by atoms with Gasteiger partial charge in [0.05, 0.1) is 45.1 Å². The lowest BCUT2D eigenvalue weighted by molar-refractivity contribution is -0.143. The lowest BCUT2D eigenvalue weighted by Crippen LogP contribution is -2.34. The molecule has 0 saturated carbocycles. The minimum atomic E-state index is -0.877. The molecule has 3 atom stereocenters. The van der Waals surface area contributed by atoms with Crippen molar-refractivity contribution >= 4 is 5.97 Å². The summed E-state index contributed by atoms with van der Waals surface area (Å²) < 4.78 is 21.0. The van der Waals surface area contributed by atoms with E-state index in [0.29, 0.717) is 26.4 Å². The number of carboxylic acids is 1. The number of rotatable bonds is 12. The normalized spacial score (nSPS) is 16.0. The van der Waals surface area contributed by atoms with Gasteiger partial charge in [0.1, 0.15) is 0 Å². The fourth-order valence-electron chi connectivity index (χ4n) is 1.62. The number of carbonyl (C=O) groups is 1. The number of ether oxygens (including phenoxy) is 4. The molecular formula is C13H26O6. The molecule has 0 bridgehead atoms. The summed E-state index contributed by atoms with van der Waals surface area (Å²) in [5.41, 5.74) is 0. The summed E-state index contributed by atoms with van der Waals surface area (Å²) in [7, 11) is 3.19. The molecule has 0 heterocycles. The van der Waals surface area contributed by atoms with Crippen LogP contribution in [-0.4, -0.2) is 63.9 Å². The van der Waals surface area contributed by atoms with E-state index in [9.17, 15) is 4.79 Å². The maximum absolute atomic E-state index is 10.9. The molecule has 0 amide bonds. The molecular weight excluding hydrogens is 252 g/mol. The predicted octanol–water partition coefficient (Wildman–Crippen LogP) is 1.18. The SMILES string of the molecule is COCCOC(C)C(C)C(CC(=O)O)OCCOC. The van der Waals surface area contributed by atoms with Gasteiger partial charge in [0.15, 0.2) is 0 Å². The fraction of sp³-hybridized carbons (Fsp3) is 0.923. The first-order valence-electron chi connectivity index (χ1n) is 6.45. The number of methoxy groups -OCH3 is 2. The second-order valence-corrected chi connectivity index (χ2v) is 4.43. The Morgan fingerprint density at radius 2 is 1.53 bits per heavy atom. The Morgan fingerprint density at radius 3 is 2.00 bits per heavy atom. The molecule has 0 rings (SSSR count). The average molecular weight is 278 g/mol. The van der Waals surface area contributed by atoms with E-state index < -0.39 is 5.97 Å². The van der Waals surface area contributed by atoms with E-state index in [1.807, 2.05) is 13.8 Å². The van der Waals surface area contributed by atoms with Crippen LogP contribution in [0.3, 0.4) is 0 Å². The number of carboxylic acid groups (broad SMARTS) is 1. The molecule has 19 heavy (non-hydrogen) atoms. The third-order valence-electron chi connectivity index (χ3n) is 2.99. The Hall–Kier alpha value is -0.690. The minimum Gasteiger partial charge on any atom is -0.481 e. The van der Waals surface area contributed by atoms with Crippen LogP contribution in [0.5, 0.6) is 0 Å². The summed E-state index contributed by atoms with van der Waals surface area (Å²) in [5, 5.41) is 8.91. The highest BCUT2D eigenvalue weighted by Crippen LogP contribution is 2.18. The molecule has 0 fully saturated rings. The zero-order valence-electron chi connectivity index (χ0n) is 12.3. The second-order valence-electron chi connectivity index (χ2n) is 4.43. The third kappa shape index (κ3) is 8.93. The van der Waals surface area contributed by atoms with Crippen molar-refractivity contribution in [2.45, 2.75) is 32.5 Å². The van der Waals surface area contributed by atoms with Crippen molar-refractivity contribution in [2.75, 3.05) is 40.6 Å². The van der Waals surface area contributed by atoms with Crippen molar-refractivity contribution in [3.05, 3.63) is 0 Å². The topological polar surface area (TPSA) is 74.2 Å². The Kier molecular flexibility index (Phi) is 10.8. The van der Waals surface area contributed by atoms with Crippen LogP contribution in [0.15, 0.2) is 0 Å². The van der Waals surface area contributed by atoms with Crippen molar-refractivity contribution in [2.24, 2.45) is 5.92 Å². The van der Waals surface area contributed by atoms with Gasteiger partial charge >= 0.3 is 5.97 Å². The molecule has 1 N–H and O–H groups in total. The summed E-state index contributed by atoms with van der Waals surface area (Å²) >= 11 is 0.